The molecule has 2 unspecified atom stereocenters. The van der Waals surface area contributed by atoms with Gasteiger partial charge in [-0.05, 0) is 37.1 Å². The minimum atomic E-state index is -0.402. The van der Waals surface area contributed by atoms with E-state index in [-0.39, 0.29) is 11.9 Å². The highest BCUT2D eigenvalue weighted by atomic mass is 35.5. The van der Waals surface area contributed by atoms with Crippen molar-refractivity contribution in [3.63, 3.8) is 0 Å². The van der Waals surface area contributed by atoms with Crippen LogP contribution in [0.2, 0.25) is 10.0 Å². The van der Waals surface area contributed by atoms with Gasteiger partial charge in [-0.3, -0.25) is 4.79 Å². The van der Waals surface area contributed by atoms with Gasteiger partial charge in [0, 0.05) is 28.2 Å². The van der Waals surface area contributed by atoms with E-state index in [1.54, 1.807) is 12.3 Å². The van der Waals surface area contributed by atoms with Gasteiger partial charge in [-0.25, -0.2) is 16.3 Å². The molecule has 1 aliphatic rings. The zero-order valence-corrected chi connectivity index (χ0v) is 16.6. The molecule has 0 aliphatic carbocycles. The summed E-state index contributed by atoms with van der Waals surface area (Å²) in [6, 6.07) is 13.0. The van der Waals surface area contributed by atoms with Gasteiger partial charge in [-0.2, -0.15) is 5.10 Å². The highest BCUT2D eigenvalue weighted by molar-refractivity contribution is 6.42. The number of para-hydroxylation sites is 1. The Morgan fingerprint density at radius 1 is 1.18 bits per heavy atom. The number of hydrazone groups is 1. The molecule has 0 saturated carbocycles. The van der Waals surface area contributed by atoms with Gasteiger partial charge in [-0.1, -0.05) is 47.5 Å². The molecule has 1 aromatic heterocycles. The van der Waals surface area contributed by atoms with Crippen LogP contribution in [-0.4, -0.2) is 23.1 Å². The van der Waals surface area contributed by atoms with Crippen molar-refractivity contribution in [2.24, 2.45) is 5.10 Å². The third kappa shape index (κ3) is 3.77. The first-order valence-electron chi connectivity index (χ1n) is 8.89. The van der Waals surface area contributed by atoms with E-state index in [0.29, 0.717) is 16.5 Å². The summed E-state index contributed by atoms with van der Waals surface area (Å²) in [6.07, 6.45) is 2.25. The second kappa shape index (κ2) is 7.93. The van der Waals surface area contributed by atoms with E-state index in [4.69, 9.17) is 23.2 Å². The van der Waals surface area contributed by atoms with Crippen LogP contribution in [0, 0.1) is 6.92 Å². The number of halogens is 2. The molecule has 0 spiro atoms. The summed E-state index contributed by atoms with van der Waals surface area (Å²) in [5.41, 5.74) is 12.7. The lowest BCUT2D eigenvalue weighted by molar-refractivity contribution is -0.122. The summed E-state index contributed by atoms with van der Waals surface area (Å²) in [7, 11) is 0. The Bertz CT molecular complexity index is 1060. The average Bonchev–Trinajstić information content (AvgIpc) is 3.29. The van der Waals surface area contributed by atoms with Crippen LogP contribution in [0.3, 0.4) is 0 Å². The van der Waals surface area contributed by atoms with Gasteiger partial charge in [0.1, 0.15) is 6.04 Å². The van der Waals surface area contributed by atoms with E-state index >= 15 is 0 Å². The number of nitrogens with zero attached hydrogens (tertiary/aromatic N) is 1. The Morgan fingerprint density at radius 2 is 2.00 bits per heavy atom. The lowest BCUT2D eigenvalue weighted by atomic mass is 10.0. The number of hydrazine groups is 1. The molecule has 8 heteroatoms. The number of hydrogen-bond acceptors (Lipinski definition) is 4. The molecule has 1 amide bonds. The van der Waals surface area contributed by atoms with Gasteiger partial charge in [0.25, 0.3) is 5.91 Å². The van der Waals surface area contributed by atoms with Crippen LogP contribution in [0.25, 0.3) is 10.9 Å². The first kappa shape index (κ1) is 19.0. The molecule has 4 rings (SSSR count). The molecular formula is C20H19Cl2N5O. The van der Waals surface area contributed by atoms with Crippen molar-refractivity contribution in [3.05, 3.63) is 69.3 Å². The fraction of sp³-hybridized carbons (Fsp3) is 0.200. The number of amides is 1. The molecule has 0 bridgehead atoms. The Labute approximate surface area is 172 Å². The maximum absolute atomic E-state index is 12.4. The SMILES string of the molecule is Cc1[nH]c2ccccc2c1/C=N/NC(=O)C1CC(c2ccc(Cl)c(Cl)c2)NN1. The number of benzene rings is 2. The van der Waals surface area contributed by atoms with Crippen LogP contribution >= 0.6 is 23.2 Å². The summed E-state index contributed by atoms with van der Waals surface area (Å²) >= 11 is 12.0. The molecule has 144 valence electrons. The van der Waals surface area contributed by atoms with Gasteiger partial charge in [0.2, 0.25) is 0 Å². The first-order chi connectivity index (χ1) is 13.5. The van der Waals surface area contributed by atoms with Crippen molar-refractivity contribution in [2.75, 3.05) is 0 Å². The van der Waals surface area contributed by atoms with E-state index < -0.39 is 6.04 Å². The molecular weight excluding hydrogens is 397 g/mol. The van der Waals surface area contributed by atoms with Crippen molar-refractivity contribution in [2.45, 2.75) is 25.4 Å². The number of carbonyl (C=O) groups is 1. The largest absolute Gasteiger partial charge is 0.358 e. The summed E-state index contributed by atoms with van der Waals surface area (Å²) in [5.74, 6) is -0.205. The Morgan fingerprint density at radius 3 is 2.82 bits per heavy atom. The van der Waals surface area contributed by atoms with Gasteiger partial charge in [-0.15, -0.1) is 0 Å². The van der Waals surface area contributed by atoms with E-state index in [0.717, 1.165) is 27.7 Å². The van der Waals surface area contributed by atoms with E-state index in [1.165, 1.54) is 0 Å². The molecule has 6 nitrogen and oxygen atoms in total. The fourth-order valence-corrected chi connectivity index (χ4v) is 3.69. The lowest BCUT2D eigenvalue weighted by Crippen LogP contribution is -2.41. The monoisotopic (exact) mass is 415 g/mol. The number of H-pyrrole nitrogens is 1. The number of hydrogen-bond donors (Lipinski definition) is 4. The predicted octanol–water partition coefficient (Wildman–Crippen LogP) is 3.84. The van der Waals surface area contributed by atoms with Crippen LogP contribution in [0.15, 0.2) is 47.6 Å². The third-order valence-corrected chi connectivity index (χ3v) is 5.62. The number of nitrogens with one attached hydrogen (secondary N) is 4. The van der Waals surface area contributed by atoms with Gasteiger partial charge in [0.15, 0.2) is 0 Å². The molecule has 2 aromatic carbocycles. The first-order valence-corrected chi connectivity index (χ1v) is 9.65. The number of aryl methyl sites for hydroxylation is 1. The maximum Gasteiger partial charge on any atom is 0.258 e. The topological polar surface area (TPSA) is 81.3 Å². The van der Waals surface area contributed by atoms with Gasteiger partial charge in [0.05, 0.1) is 16.3 Å². The molecule has 2 heterocycles. The normalized spacial score (nSPS) is 19.5. The smallest absolute Gasteiger partial charge is 0.258 e. The maximum atomic E-state index is 12.4. The van der Waals surface area contributed by atoms with Crippen molar-refractivity contribution in [3.8, 4) is 0 Å². The predicted molar refractivity (Wildman–Crippen MR) is 113 cm³/mol. The Balaban J connectivity index is 1.39. The summed E-state index contributed by atoms with van der Waals surface area (Å²) < 4.78 is 0. The number of fused-ring (bicyclic) bond motifs is 1. The van der Waals surface area contributed by atoms with Crippen LogP contribution in [0.5, 0.6) is 0 Å². The molecule has 1 fully saturated rings. The standard InChI is InChI=1S/C20H19Cl2N5O/c1-11-14(13-4-2-3-5-17(13)24-11)10-23-27-20(28)19-9-18(25-26-19)12-6-7-15(21)16(22)8-12/h2-8,10,18-19,24-26H,9H2,1H3,(H,27,28)/b23-10+. The summed E-state index contributed by atoms with van der Waals surface area (Å²) in [4.78, 5) is 15.7. The lowest BCUT2D eigenvalue weighted by Gasteiger charge is -2.10. The highest BCUT2D eigenvalue weighted by Gasteiger charge is 2.30. The number of aromatic nitrogens is 1. The van der Waals surface area contributed by atoms with E-state index in [1.807, 2.05) is 43.3 Å². The second-order valence-corrected chi connectivity index (χ2v) is 7.56. The zero-order valence-electron chi connectivity index (χ0n) is 15.1. The van der Waals surface area contributed by atoms with Crippen molar-refractivity contribution in [1.29, 1.82) is 0 Å². The molecule has 4 N–H and O–H groups in total. The molecule has 1 saturated heterocycles. The molecule has 28 heavy (non-hydrogen) atoms. The Hall–Kier alpha value is -2.38. The second-order valence-electron chi connectivity index (χ2n) is 6.75. The van der Waals surface area contributed by atoms with Crippen molar-refractivity contribution in [1.82, 2.24) is 21.3 Å². The minimum absolute atomic E-state index is 0.0367. The minimum Gasteiger partial charge on any atom is -0.358 e. The summed E-state index contributed by atoms with van der Waals surface area (Å²) in [6.45, 7) is 1.98. The van der Waals surface area contributed by atoms with Crippen molar-refractivity contribution < 1.29 is 4.79 Å². The van der Waals surface area contributed by atoms with E-state index in [2.05, 4.69) is 26.4 Å². The summed E-state index contributed by atoms with van der Waals surface area (Å²) in [5, 5.41) is 6.21. The quantitative estimate of drug-likeness (QED) is 0.385. The van der Waals surface area contributed by atoms with Gasteiger partial charge < -0.3 is 4.98 Å². The number of aromatic amines is 1. The average molecular weight is 416 g/mol. The molecule has 2 atom stereocenters. The molecule has 1 aliphatic heterocycles. The van der Waals surface area contributed by atoms with E-state index in [9.17, 15) is 4.79 Å². The third-order valence-electron chi connectivity index (χ3n) is 4.88. The molecule has 3 aromatic rings. The molecule has 0 radical (unpaired) electrons. The van der Waals surface area contributed by atoms with Crippen molar-refractivity contribution >= 4 is 46.2 Å². The van der Waals surface area contributed by atoms with Crippen LogP contribution in [0.1, 0.15) is 29.3 Å². The fourth-order valence-electron chi connectivity index (χ4n) is 3.38. The highest BCUT2D eigenvalue weighted by Crippen LogP contribution is 2.29. The van der Waals surface area contributed by atoms with Crippen LogP contribution in [0.4, 0.5) is 0 Å². The van der Waals surface area contributed by atoms with Gasteiger partial charge >= 0.3 is 0 Å². The van der Waals surface area contributed by atoms with Crippen LogP contribution < -0.4 is 16.3 Å². The Kier molecular flexibility index (Phi) is 5.37. The zero-order chi connectivity index (χ0) is 19.7. The van der Waals surface area contributed by atoms with Crippen LogP contribution in [-0.2, 0) is 4.79 Å². The number of rotatable bonds is 4. The number of carbonyl (C=O) groups excluding carboxylic acids is 1.